The van der Waals surface area contributed by atoms with Crippen LogP contribution >= 0.6 is 22.9 Å². The highest BCUT2D eigenvalue weighted by Gasteiger charge is 2.20. The number of thiophene rings is 1. The fourth-order valence-corrected chi connectivity index (χ4v) is 4.70. The molecule has 0 atom stereocenters. The predicted octanol–water partition coefficient (Wildman–Crippen LogP) is 7.02. The van der Waals surface area contributed by atoms with Gasteiger partial charge in [0.05, 0.1) is 18.0 Å². The molecule has 158 valence electrons. The van der Waals surface area contributed by atoms with Crippen molar-refractivity contribution in [1.82, 2.24) is 4.98 Å². The maximum absolute atomic E-state index is 13.5. The Morgan fingerprint density at radius 3 is 2.48 bits per heavy atom. The molecular formula is C26H25ClN2OS. The van der Waals surface area contributed by atoms with Crippen LogP contribution in [-0.2, 0) is 23.2 Å². The number of pyridine rings is 1. The zero-order valence-corrected chi connectivity index (χ0v) is 19.5. The topological polar surface area (TPSA) is 33.2 Å². The van der Waals surface area contributed by atoms with Gasteiger partial charge in [-0.05, 0) is 40.1 Å². The summed E-state index contributed by atoms with van der Waals surface area (Å²) < 4.78 is 0. The SMILES string of the molecule is CC(C)(C)c1ccc(N(Cc2cc(Cl)cs2)C(=O)Cc2cncc3ccccc23)cc1. The smallest absolute Gasteiger partial charge is 0.231 e. The number of halogens is 1. The van der Waals surface area contributed by atoms with Gasteiger partial charge in [-0.2, -0.15) is 0 Å². The summed E-state index contributed by atoms with van der Waals surface area (Å²) in [4.78, 5) is 20.8. The first-order chi connectivity index (χ1) is 14.8. The second-order valence-electron chi connectivity index (χ2n) is 8.70. The minimum atomic E-state index is 0.0335. The zero-order valence-electron chi connectivity index (χ0n) is 17.9. The van der Waals surface area contributed by atoms with Gasteiger partial charge in [0.25, 0.3) is 0 Å². The molecule has 2 aromatic heterocycles. The molecule has 3 nitrogen and oxygen atoms in total. The van der Waals surface area contributed by atoms with Gasteiger partial charge in [-0.15, -0.1) is 11.3 Å². The van der Waals surface area contributed by atoms with E-state index in [-0.39, 0.29) is 17.7 Å². The summed E-state index contributed by atoms with van der Waals surface area (Å²) in [6.07, 6.45) is 3.91. The lowest BCUT2D eigenvalue weighted by Crippen LogP contribution is -2.31. The third-order valence-electron chi connectivity index (χ3n) is 5.37. The molecule has 0 spiro atoms. The summed E-state index contributed by atoms with van der Waals surface area (Å²) >= 11 is 7.70. The van der Waals surface area contributed by atoms with E-state index in [4.69, 9.17) is 11.6 Å². The zero-order chi connectivity index (χ0) is 22.0. The number of anilines is 1. The molecule has 4 aromatic rings. The van der Waals surface area contributed by atoms with Crippen LogP contribution < -0.4 is 4.90 Å². The first-order valence-corrected chi connectivity index (χ1v) is 11.5. The average Bonchev–Trinajstić information content (AvgIpc) is 3.16. The Morgan fingerprint density at radius 1 is 1.06 bits per heavy atom. The quantitative estimate of drug-likeness (QED) is 0.328. The number of hydrogen-bond donors (Lipinski definition) is 0. The lowest BCUT2D eigenvalue weighted by molar-refractivity contribution is -0.118. The maximum atomic E-state index is 13.5. The Morgan fingerprint density at radius 2 is 1.81 bits per heavy atom. The van der Waals surface area contributed by atoms with Gasteiger partial charge < -0.3 is 4.90 Å². The maximum Gasteiger partial charge on any atom is 0.231 e. The van der Waals surface area contributed by atoms with Crippen molar-refractivity contribution in [2.75, 3.05) is 4.90 Å². The molecule has 0 aliphatic rings. The molecule has 1 amide bonds. The summed E-state index contributed by atoms with van der Waals surface area (Å²) in [5, 5.41) is 4.71. The Bertz CT molecular complexity index is 1200. The molecule has 0 N–H and O–H groups in total. The highest BCUT2D eigenvalue weighted by atomic mass is 35.5. The van der Waals surface area contributed by atoms with E-state index in [9.17, 15) is 4.79 Å². The Labute approximate surface area is 192 Å². The summed E-state index contributed by atoms with van der Waals surface area (Å²) in [5.74, 6) is 0.0335. The second kappa shape index (κ2) is 8.81. The van der Waals surface area contributed by atoms with Crippen LogP contribution in [0.4, 0.5) is 5.69 Å². The van der Waals surface area contributed by atoms with Crippen molar-refractivity contribution in [2.45, 2.75) is 39.2 Å². The van der Waals surface area contributed by atoms with Crippen LogP contribution in [0.5, 0.6) is 0 Å². The van der Waals surface area contributed by atoms with E-state index in [2.05, 4.69) is 37.9 Å². The van der Waals surface area contributed by atoms with E-state index in [0.717, 1.165) is 26.9 Å². The number of carbonyl (C=O) groups is 1. The summed E-state index contributed by atoms with van der Waals surface area (Å²) in [6, 6.07) is 18.3. The van der Waals surface area contributed by atoms with Crippen LogP contribution in [0.2, 0.25) is 5.02 Å². The van der Waals surface area contributed by atoms with E-state index in [1.54, 1.807) is 17.5 Å². The largest absolute Gasteiger partial charge is 0.307 e. The number of nitrogens with zero attached hydrogens (tertiary/aromatic N) is 2. The van der Waals surface area contributed by atoms with Crippen LogP contribution in [0.15, 0.2) is 72.4 Å². The molecule has 2 heterocycles. The van der Waals surface area contributed by atoms with Crippen LogP contribution in [0.3, 0.4) is 0 Å². The second-order valence-corrected chi connectivity index (χ2v) is 10.1. The van der Waals surface area contributed by atoms with Crippen molar-refractivity contribution in [3.63, 3.8) is 0 Å². The molecule has 0 bridgehead atoms. The van der Waals surface area contributed by atoms with Crippen LogP contribution in [0, 0.1) is 0 Å². The van der Waals surface area contributed by atoms with Crippen molar-refractivity contribution >= 4 is 45.3 Å². The predicted molar refractivity (Wildman–Crippen MR) is 131 cm³/mol. The van der Waals surface area contributed by atoms with Crippen molar-refractivity contribution < 1.29 is 4.79 Å². The molecule has 2 aromatic carbocycles. The minimum Gasteiger partial charge on any atom is -0.307 e. The molecule has 4 rings (SSSR count). The first-order valence-electron chi connectivity index (χ1n) is 10.3. The van der Waals surface area contributed by atoms with E-state index >= 15 is 0 Å². The van der Waals surface area contributed by atoms with E-state index in [1.165, 1.54) is 5.56 Å². The Hall–Kier alpha value is -2.69. The molecule has 31 heavy (non-hydrogen) atoms. The van der Waals surface area contributed by atoms with E-state index < -0.39 is 0 Å². The highest BCUT2D eigenvalue weighted by Crippen LogP contribution is 2.28. The van der Waals surface area contributed by atoms with E-state index in [0.29, 0.717) is 11.6 Å². The van der Waals surface area contributed by atoms with Crippen molar-refractivity contribution in [2.24, 2.45) is 0 Å². The van der Waals surface area contributed by atoms with Crippen LogP contribution in [0.25, 0.3) is 10.8 Å². The third-order valence-corrected chi connectivity index (χ3v) is 6.64. The third kappa shape index (κ3) is 4.97. The van der Waals surface area contributed by atoms with Crippen LogP contribution in [0.1, 0.15) is 36.8 Å². The number of rotatable bonds is 5. The molecule has 0 aliphatic heterocycles. The number of fused-ring (bicyclic) bond motifs is 1. The lowest BCUT2D eigenvalue weighted by Gasteiger charge is -2.25. The Kier molecular flexibility index (Phi) is 6.12. The summed E-state index contributed by atoms with van der Waals surface area (Å²) in [7, 11) is 0. The van der Waals surface area contributed by atoms with Crippen LogP contribution in [-0.4, -0.2) is 10.9 Å². The molecule has 0 saturated carbocycles. The first kappa shape index (κ1) is 21.5. The lowest BCUT2D eigenvalue weighted by atomic mass is 9.87. The van der Waals surface area contributed by atoms with Gasteiger partial charge in [0.15, 0.2) is 0 Å². The minimum absolute atomic E-state index is 0.0335. The van der Waals surface area contributed by atoms with Gasteiger partial charge in [0.2, 0.25) is 5.91 Å². The molecule has 0 saturated heterocycles. The van der Waals surface area contributed by atoms with Gasteiger partial charge in [0.1, 0.15) is 0 Å². The highest BCUT2D eigenvalue weighted by molar-refractivity contribution is 7.10. The van der Waals surface area contributed by atoms with Crippen molar-refractivity contribution in [1.29, 1.82) is 0 Å². The number of aromatic nitrogens is 1. The number of amides is 1. The van der Waals surface area contributed by atoms with Gasteiger partial charge in [-0.3, -0.25) is 9.78 Å². The van der Waals surface area contributed by atoms with Gasteiger partial charge in [0, 0.05) is 33.7 Å². The Balaban J connectivity index is 1.67. The van der Waals surface area contributed by atoms with Crippen molar-refractivity contribution in [3.05, 3.63) is 93.4 Å². The fraction of sp³-hybridized carbons (Fsp3) is 0.231. The van der Waals surface area contributed by atoms with Crippen molar-refractivity contribution in [3.8, 4) is 0 Å². The molecule has 0 unspecified atom stereocenters. The summed E-state index contributed by atoms with van der Waals surface area (Å²) in [6.45, 7) is 7.05. The molecule has 0 radical (unpaired) electrons. The fourth-order valence-electron chi connectivity index (χ4n) is 3.64. The van der Waals surface area contributed by atoms with Gasteiger partial charge >= 0.3 is 0 Å². The van der Waals surface area contributed by atoms with Gasteiger partial charge in [-0.1, -0.05) is 68.8 Å². The molecular weight excluding hydrogens is 424 g/mol. The molecule has 0 aliphatic carbocycles. The molecule has 0 fully saturated rings. The normalized spacial score (nSPS) is 11.6. The average molecular weight is 449 g/mol. The van der Waals surface area contributed by atoms with E-state index in [1.807, 2.05) is 58.9 Å². The summed E-state index contributed by atoms with van der Waals surface area (Å²) in [5.41, 5.74) is 3.11. The number of carbonyl (C=O) groups excluding carboxylic acids is 1. The monoisotopic (exact) mass is 448 g/mol. The van der Waals surface area contributed by atoms with Gasteiger partial charge in [-0.25, -0.2) is 0 Å². The molecule has 5 heteroatoms. The number of hydrogen-bond acceptors (Lipinski definition) is 3. The number of benzene rings is 2. The standard InChI is InChI=1S/C26H25ClN2OS/c1-26(2,3)20-8-10-22(11-9-20)29(16-23-13-21(27)17-31-23)25(30)12-19-15-28-14-18-6-4-5-7-24(18)19/h4-11,13-15,17H,12,16H2,1-3H3.